The summed E-state index contributed by atoms with van der Waals surface area (Å²) >= 11 is 0. The lowest BCUT2D eigenvalue weighted by Crippen LogP contribution is -2.47. The Morgan fingerprint density at radius 2 is 2.12 bits per heavy atom. The highest BCUT2D eigenvalue weighted by Gasteiger charge is 2.37. The quantitative estimate of drug-likeness (QED) is 0.726. The minimum absolute atomic E-state index is 0.0978. The maximum atomic E-state index is 14.1. The van der Waals surface area contributed by atoms with Crippen LogP contribution in [0.15, 0.2) is 23.2 Å². The summed E-state index contributed by atoms with van der Waals surface area (Å²) in [6.07, 6.45) is 0. The number of anilines is 1. The van der Waals surface area contributed by atoms with Gasteiger partial charge >= 0.3 is 0 Å². The van der Waals surface area contributed by atoms with Crippen LogP contribution in [0.2, 0.25) is 0 Å². The number of benzene rings is 1. The highest BCUT2D eigenvalue weighted by atomic mass is 32.2. The third kappa shape index (κ3) is 5.07. The van der Waals surface area contributed by atoms with E-state index in [0.29, 0.717) is 5.69 Å². The molecule has 0 saturated heterocycles. The Kier molecular flexibility index (Phi) is 7.65. The normalized spacial score (nSPS) is 21.6. The van der Waals surface area contributed by atoms with E-state index >= 15 is 0 Å². The van der Waals surface area contributed by atoms with Crippen molar-refractivity contribution >= 4 is 28.2 Å². The van der Waals surface area contributed by atoms with Gasteiger partial charge in [0.25, 0.3) is 0 Å². The second-order valence-electron chi connectivity index (χ2n) is 5.77. The van der Waals surface area contributed by atoms with E-state index in [1.807, 2.05) is 0 Å². The molecule has 0 fully saturated rings. The van der Waals surface area contributed by atoms with Crippen LogP contribution in [0, 0.1) is 5.82 Å². The number of halogens is 1. The molecule has 1 aliphatic rings. The van der Waals surface area contributed by atoms with Crippen LogP contribution in [-0.2, 0) is 20.3 Å². The van der Waals surface area contributed by atoms with Crippen LogP contribution < -0.4 is 16.8 Å². The van der Waals surface area contributed by atoms with Crippen molar-refractivity contribution in [2.75, 3.05) is 31.8 Å². The first kappa shape index (κ1) is 21.2. The Morgan fingerprint density at radius 1 is 1.48 bits per heavy atom. The fraction of sp³-hybridized carbons (Fsp3) is 0.500. The largest absolute Gasteiger partial charge is 0.386 e. The zero-order valence-electron chi connectivity index (χ0n) is 14.8. The Hall–Kier alpha value is -1.84. The number of nitrogens with two attached hydrogens (primary N) is 2. The molecule has 1 aromatic carbocycles. The van der Waals surface area contributed by atoms with Crippen LogP contribution in [-0.4, -0.2) is 47.2 Å². The lowest BCUT2D eigenvalue weighted by Gasteiger charge is -2.31. The van der Waals surface area contributed by atoms with E-state index in [2.05, 4.69) is 16.0 Å². The monoisotopic (exact) mass is 372 g/mol. The molecular weight excluding hydrogens is 347 g/mol. The molecule has 0 radical (unpaired) electrons. The molecule has 0 spiro atoms. The zero-order chi connectivity index (χ0) is 19.2. The average molecular weight is 372 g/mol. The first-order valence-corrected chi connectivity index (χ1v) is 8.95. The fourth-order valence-electron chi connectivity index (χ4n) is 2.19. The first-order valence-electron chi connectivity index (χ1n) is 7.64. The van der Waals surface area contributed by atoms with Crippen molar-refractivity contribution in [1.29, 1.82) is 0 Å². The summed E-state index contributed by atoms with van der Waals surface area (Å²) in [6, 6.07) is 3.54. The maximum Gasteiger partial charge on any atom is 0.250 e. The molecule has 2 rings (SSSR count). The number of amides is 1. The number of aliphatic imine (C=N–C) groups is 1. The third-order valence-corrected chi connectivity index (χ3v) is 5.67. The van der Waals surface area contributed by atoms with Crippen molar-refractivity contribution in [3.8, 4) is 0 Å². The smallest absolute Gasteiger partial charge is 0.250 e. The molecule has 1 amide bonds. The minimum atomic E-state index is -1.27. The van der Waals surface area contributed by atoms with E-state index < -0.39 is 27.4 Å². The topological polar surface area (TPSA) is 120 Å². The van der Waals surface area contributed by atoms with Gasteiger partial charge in [0.2, 0.25) is 5.91 Å². The van der Waals surface area contributed by atoms with Gasteiger partial charge < -0.3 is 21.5 Å². The highest BCUT2D eigenvalue weighted by Crippen LogP contribution is 2.31. The van der Waals surface area contributed by atoms with Gasteiger partial charge in [0.1, 0.15) is 18.3 Å². The molecule has 0 saturated carbocycles. The standard InChI is InChI=1S/C15H20FN3O3S.CH5N/c1-15(2)14(17)19-12(8-23(15)21)10-6-9(4-5-11(10)16)18-13(20)7-22-3;1-2/h4-6,12H,7-8H2,1-3H3,(H2,17,19)(H,18,20);2H2,1H3. The number of ether oxygens (including phenoxy) is 1. The summed E-state index contributed by atoms with van der Waals surface area (Å²) in [4.78, 5) is 15.8. The number of amidine groups is 1. The third-order valence-electron chi connectivity index (χ3n) is 3.70. The van der Waals surface area contributed by atoms with Crippen LogP contribution in [0.4, 0.5) is 10.1 Å². The van der Waals surface area contributed by atoms with Gasteiger partial charge in [-0.1, -0.05) is 0 Å². The Morgan fingerprint density at radius 3 is 2.68 bits per heavy atom. The Bertz CT molecular complexity index is 679. The van der Waals surface area contributed by atoms with E-state index in [1.54, 1.807) is 13.8 Å². The van der Waals surface area contributed by atoms with Crippen molar-refractivity contribution in [2.45, 2.75) is 24.6 Å². The Balaban J connectivity index is 0.00000151. The second-order valence-corrected chi connectivity index (χ2v) is 7.82. The van der Waals surface area contributed by atoms with Gasteiger partial charge in [0, 0.05) is 29.2 Å². The molecule has 0 aromatic heterocycles. The molecule has 25 heavy (non-hydrogen) atoms. The zero-order valence-corrected chi connectivity index (χ0v) is 15.7. The summed E-state index contributed by atoms with van der Waals surface area (Å²) in [5, 5.41) is 2.60. The van der Waals surface area contributed by atoms with Crippen LogP contribution in [0.25, 0.3) is 0 Å². The molecule has 9 heteroatoms. The molecule has 2 unspecified atom stereocenters. The number of carbonyl (C=O) groups is 1. The van der Waals surface area contributed by atoms with Gasteiger partial charge in [-0.2, -0.15) is 0 Å². The average Bonchev–Trinajstić information content (AvgIpc) is 2.56. The number of methoxy groups -OCH3 is 1. The lowest BCUT2D eigenvalue weighted by molar-refractivity contribution is -0.119. The summed E-state index contributed by atoms with van der Waals surface area (Å²) in [5.74, 6) is -0.408. The Labute approximate surface area is 149 Å². The molecule has 140 valence electrons. The molecule has 0 aliphatic carbocycles. The van der Waals surface area contributed by atoms with Crippen molar-refractivity contribution in [2.24, 2.45) is 16.5 Å². The van der Waals surface area contributed by atoms with Crippen LogP contribution in [0.5, 0.6) is 0 Å². The molecular formula is C16H25FN4O3S. The molecule has 2 atom stereocenters. The van der Waals surface area contributed by atoms with E-state index in [-0.39, 0.29) is 29.7 Å². The number of hydrogen-bond donors (Lipinski definition) is 3. The first-order chi connectivity index (χ1) is 11.8. The van der Waals surface area contributed by atoms with Gasteiger partial charge in [-0.3, -0.25) is 14.0 Å². The summed E-state index contributed by atoms with van der Waals surface area (Å²) < 4.78 is 30.5. The second kappa shape index (κ2) is 9.02. The summed E-state index contributed by atoms with van der Waals surface area (Å²) in [6.45, 7) is 3.39. The predicted molar refractivity (Wildman–Crippen MR) is 98.5 cm³/mol. The molecule has 1 heterocycles. The molecule has 1 aliphatic heterocycles. The summed E-state index contributed by atoms with van der Waals surface area (Å²) in [7, 11) is 1.64. The van der Waals surface area contributed by atoms with Crippen molar-refractivity contribution in [1.82, 2.24) is 0 Å². The van der Waals surface area contributed by atoms with E-state index in [9.17, 15) is 13.4 Å². The number of nitrogens with one attached hydrogen (secondary N) is 1. The fourth-order valence-corrected chi connectivity index (χ4v) is 3.44. The van der Waals surface area contributed by atoms with Gasteiger partial charge in [-0.25, -0.2) is 4.39 Å². The molecule has 5 N–H and O–H groups in total. The van der Waals surface area contributed by atoms with E-state index in [1.165, 1.54) is 32.4 Å². The number of rotatable bonds is 4. The number of nitrogens with zero attached hydrogens (tertiary/aromatic N) is 1. The highest BCUT2D eigenvalue weighted by molar-refractivity contribution is 7.87. The number of carbonyl (C=O) groups excluding carboxylic acids is 1. The molecule has 7 nitrogen and oxygen atoms in total. The van der Waals surface area contributed by atoms with Gasteiger partial charge in [-0.05, 0) is 39.1 Å². The van der Waals surface area contributed by atoms with Crippen molar-refractivity contribution in [3.63, 3.8) is 0 Å². The minimum Gasteiger partial charge on any atom is -0.386 e. The predicted octanol–water partition coefficient (Wildman–Crippen LogP) is 0.925. The van der Waals surface area contributed by atoms with E-state index in [0.717, 1.165) is 0 Å². The van der Waals surface area contributed by atoms with Crippen LogP contribution in [0.3, 0.4) is 0 Å². The summed E-state index contributed by atoms with van der Waals surface area (Å²) in [5.41, 5.74) is 11.1. The van der Waals surface area contributed by atoms with E-state index in [4.69, 9.17) is 10.5 Å². The van der Waals surface area contributed by atoms with Crippen LogP contribution >= 0.6 is 0 Å². The van der Waals surface area contributed by atoms with Gasteiger partial charge in [0.15, 0.2) is 0 Å². The number of hydrogen-bond acceptors (Lipinski definition) is 6. The van der Waals surface area contributed by atoms with Crippen LogP contribution in [0.1, 0.15) is 25.5 Å². The lowest BCUT2D eigenvalue weighted by atomic mass is 10.1. The van der Waals surface area contributed by atoms with Gasteiger partial charge in [0.05, 0.1) is 16.5 Å². The SMILES string of the molecule is CN.COCC(=O)Nc1ccc(F)c(C2CS(=O)C(C)(C)C(N)=N2)c1. The molecule has 0 bridgehead atoms. The van der Waals surface area contributed by atoms with Gasteiger partial charge in [-0.15, -0.1) is 0 Å². The van der Waals surface area contributed by atoms with Crippen molar-refractivity contribution < 1.29 is 18.1 Å². The molecule has 1 aromatic rings. The van der Waals surface area contributed by atoms with Crippen molar-refractivity contribution in [3.05, 3.63) is 29.6 Å². The maximum absolute atomic E-state index is 14.1.